The van der Waals surface area contributed by atoms with E-state index in [0.29, 0.717) is 31.3 Å². The van der Waals surface area contributed by atoms with E-state index < -0.39 is 24.4 Å². The molecular formula is C37H66O8. The van der Waals surface area contributed by atoms with Crippen LogP contribution >= 0.6 is 0 Å². The van der Waals surface area contributed by atoms with Crippen LogP contribution in [0.2, 0.25) is 0 Å². The molecule has 262 valence electrons. The lowest BCUT2D eigenvalue weighted by Crippen LogP contribution is -2.33. The fourth-order valence-electron chi connectivity index (χ4n) is 7.29. The van der Waals surface area contributed by atoms with E-state index in [9.17, 15) is 25.2 Å². The molecule has 0 amide bonds. The van der Waals surface area contributed by atoms with Crippen molar-refractivity contribution in [2.45, 2.75) is 216 Å². The molecule has 8 nitrogen and oxygen atoms in total. The maximum absolute atomic E-state index is 11.7. The molecule has 9 atom stereocenters. The summed E-state index contributed by atoms with van der Waals surface area (Å²) in [7, 11) is 0. The van der Waals surface area contributed by atoms with Crippen molar-refractivity contribution in [2.24, 2.45) is 0 Å². The number of carbonyl (C=O) groups is 1. The van der Waals surface area contributed by atoms with Crippen LogP contribution in [0.25, 0.3) is 0 Å². The van der Waals surface area contributed by atoms with Crippen molar-refractivity contribution in [1.29, 1.82) is 0 Å². The van der Waals surface area contributed by atoms with E-state index in [0.717, 1.165) is 83.5 Å². The zero-order valence-corrected chi connectivity index (χ0v) is 28.5. The molecule has 0 unspecified atom stereocenters. The standard InChI is InChI=1S/C37H66O8/c1-3-4-5-6-7-8-12-15-18-31(39)35-23-24-36(45-35)33(41)21-20-32(40)34-22-19-30(44-34)17-14-11-9-10-13-16-29(38)26-28-25-27(2)43-37(28)42/h25,27,29-36,38-41H,3-24,26H2,1-2H3/t27-,29+,30+,31-,32-,33-,34-,35-,36-/m1/s1. The molecule has 3 rings (SSSR count). The first-order valence-electron chi connectivity index (χ1n) is 18.7. The van der Waals surface area contributed by atoms with Gasteiger partial charge >= 0.3 is 5.97 Å². The van der Waals surface area contributed by atoms with Gasteiger partial charge in [-0.05, 0) is 70.8 Å². The monoisotopic (exact) mass is 638 g/mol. The highest BCUT2D eigenvalue weighted by Crippen LogP contribution is 2.31. The van der Waals surface area contributed by atoms with Crippen LogP contribution in [0.1, 0.15) is 162 Å². The Morgan fingerprint density at radius 2 is 1.18 bits per heavy atom. The van der Waals surface area contributed by atoms with Gasteiger partial charge in [0, 0.05) is 12.0 Å². The van der Waals surface area contributed by atoms with Gasteiger partial charge in [0.15, 0.2) is 0 Å². The highest BCUT2D eigenvalue weighted by Gasteiger charge is 2.36. The van der Waals surface area contributed by atoms with Crippen LogP contribution in [0.4, 0.5) is 0 Å². The van der Waals surface area contributed by atoms with E-state index in [4.69, 9.17) is 14.2 Å². The van der Waals surface area contributed by atoms with Gasteiger partial charge < -0.3 is 34.6 Å². The predicted molar refractivity (Wildman–Crippen MR) is 177 cm³/mol. The second-order valence-corrected chi connectivity index (χ2v) is 14.2. The molecule has 2 fully saturated rings. The Bertz CT molecular complexity index is 833. The number of esters is 1. The minimum Gasteiger partial charge on any atom is -0.455 e. The molecule has 3 heterocycles. The van der Waals surface area contributed by atoms with Gasteiger partial charge in [0.2, 0.25) is 0 Å². The van der Waals surface area contributed by atoms with Gasteiger partial charge in [-0.2, -0.15) is 0 Å². The number of cyclic esters (lactones) is 1. The molecule has 2 saturated heterocycles. The third kappa shape index (κ3) is 14.7. The van der Waals surface area contributed by atoms with Crippen LogP contribution in [0.3, 0.4) is 0 Å². The maximum Gasteiger partial charge on any atom is 0.334 e. The average Bonchev–Trinajstić information content (AvgIpc) is 3.77. The number of unbranched alkanes of at least 4 members (excludes halogenated alkanes) is 11. The van der Waals surface area contributed by atoms with E-state index >= 15 is 0 Å². The third-order valence-corrected chi connectivity index (χ3v) is 10.1. The predicted octanol–water partition coefficient (Wildman–Crippen LogP) is 6.83. The molecule has 8 heteroatoms. The molecule has 0 aromatic carbocycles. The normalized spacial score (nSPS) is 27.8. The molecule has 0 spiro atoms. The topological polar surface area (TPSA) is 126 Å². The molecule has 0 saturated carbocycles. The molecule has 45 heavy (non-hydrogen) atoms. The summed E-state index contributed by atoms with van der Waals surface area (Å²) in [6, 6.07) is 0. The number of carbonyl (C=O) groups excluding carboxylic acids is 1. The van der Waals surface area contributed by atoms with Crippen molar-refractivity contribution in [2.75, 3.05) is 0 Å². The Hall–Kier alpha value is -1.03. The van der Waals surface area contributed by atoms with Crippen molar-refractivity contribution in [3.63, 3.8) is 0 Å². The Balaban J connectivity index is 1.16. The van der Waals surface area contributed by atoms with Gasteiger partial charge in [-0.15, -0.1) is 0 Å². The van der Waals surface area contributed by atoms with Crippen LogP contribution in [0, 0.1) is 0 Å². The molecule has 3 aliphatic rings. The summed E-state index contributed by atoms with van der Waals surface area (Å²) in [6.45, 7) is 4.07. The number of aliphatic hydroxyl groups excluding tert-OH is 4. The first kappa shape index (κ1) is 38.4. The highest BCUT2D eigenvalue weighted by atomic mass is 16.5. The van der Waals surface area contributed by atoms with Crippen molar-refractivity contribution in [1.82, 2.24) is 0 Å². The lowest BCUT2D eigenvalue weighted by atomic mass is 9.98. The Labute approximate surface area is 273 Å². The molecule has 0 aromatic rings. The summed E-state index contributed by atoms with van der Waals surface area (Å²) in [5, 5.41) is 42.4. The van der Waals surface area contributed by atoms with Crippen LogP contribution in [0.15, 0.2) is 11.6 Å². The van der Waals surface area contributed by atoms with Gasteiger partial charge in [-0.3, -0.25) is 0 Å². The Kier molecular flexibility index (Phi) is 18.6. The number of aliphatic hydroxyl groups is 4. The van der Waals surface area contributed by atoms with Gasteiger partial charge in [0.1, 0.15) is 6.10 Å². The summed E-state index contributed by atoms with van der Waals surface area (Å²) in [5.41, 5.74) is 0.600. The number of rotatable bonds is 25. The Morgan fingerprint density at radius 1 is 0.667 bits per heavy atom. The summed E-state index contributed by atoms with van der Waals surface area (Å²) in [5.74, 6) is -0.295. The van der Waals surface area contributed by atoms with Gasteiger partial charge in [0.05, 0.1) is 48.8 Å². The first-order valence-corrected chi connectivity index (χ1v) is 18.7. The van der Waals surface area contributed by atoms with E-state index in [-0.39, 0.29) is 36.5 Å². The number of ether oxygens (including phenoxy) is 3. The van der Waals surface area contributed by atoms with Crippen molar-refractivity contribution < 1.29 is 39.4 Å². The first-order chi connectivity index (χ1) is 21.8. The summed E-state index contributed by atoms with van der Waals surface area (Å²) in [6.07, 6.45) is 21.6. The smallest absolute Gasteiger partial charge is 0.334 e. The Morgan fingerprint density at radius 3 is 1.78 bits per heavy atom. The number of hydrogen-bond donors (Lipinski definition) is 4. The molecule has 4 N–H and O–H groups in total. The van der Waals surface area contributed by atoms with Crippen LogP contribution in [0.5, 0.6) is 0 Å². The fraction of sp³-hybridized carbons (Fsp3) is 0.919. The molecule has 0 radical (unpaired) electrons. The highest BCUT2D eigenvalue weighted by molar-refractivity contribution is 5.90. The molecule has 0 bridgehead atoms. The van der Waals surface area contributed by atoms with E-state index in [2.05, 4.69) is 6.92 Å². The van der Waals surface area contributed by atoms with E-state index in [1.165, 1.54) is 38.5 Å². The molecule has 0 aromatic heterocycles. The van der Waals surface area contributed by atoms with Gasteiger partial charge in [0.25, 0.3) is 0 Å². The SMILES string of the molecule is CCCCCCCCCC[C@@H](O)[C@H]1CC[C@H]([C@H](O)CC[C@@H](O)[C@H]2CC[C@H](CCCCCCC[C@H](O)CC3=C[C@@H](C)OC3=O)O2)O1. The lowest BCUT2D eigenvalue weighted by Gasteiger charge is -2.24. The van der Waals surface area contributed by atoms with Gasteiger partial charge in [-0.25, -0.2) is 4.79 Å². The molecule has 3 aliphatic heterocycles. The minimum atomic E-state index is -0.627. The van der Waals surface area contributed by atoms with Crippen molar-refractivity contribution in [3.8, 4) is 0 Å². The summed E-state index contributed by atoms with van der Waals surface area (Å²) < 4.78 is 17.3. The minimum absolute atomic E-state index is 0.162. The summed E-state index contributed by atoms with van der Waals surface area (Å²) in [4.78, 5) is 11.7. The van der Waals surface area contributed by atoms with Crippen LogP contribution in [-0.2, 0) is 19.0 Å². The second-order valence-electron chi connectivity index (χ2n) is 14.2. The average molecular weight is 639 g/mol. The maximum atomic E-state index is 11.7. The van der Waals surface area contributed by atoms with Crippen molar-refractivity contribution in [3.05, 3.63) is 11.6 Å². The quantitative estimate of drug-likeness (QED) is 0.0634. The van der Waals surface area contributed by atoms with Crippen LogP contribution < -0.4 is 0 Å². The zero-order valence-electron chi connectivity index (χ0n) is 28.5. The lowest BCUT2D eigenvalue weighted by molar-refractivity contribution is -0.139. The largest absolute Gasteiger partial charge is 0.455 e. The van der Waals surface area contributed by atoms with E-state index in [1.807, 2.05) is 6.92 Å². The third-order valence-electron chi connectivity index (χ3n) is 10.1. The van der Waals surface area contributed by atoms with Crippen molar-refractivity contribution >= 4 is 5.97 Å². The van der Waals surface area contributed by atoms with Gasteiger partial charge in [-0.1, -0.05) is 90.4 Å². The molecule has 0 aliphatic carbocycles. The second kappa shape index (κ2) is 21.8. The number of hydrogen-bond acceptors (Lipinski definition) is 8. The summed E-state index contributed by atoms with van der Waals surface area (Å²) >= 11 is 0. The van der Waals surface area contributed by atoms with Crippen LogP contribution in [-0.4, -0.2) is 81.3 Å². The zero-order chi connectivity index (χ0) is 32.4. The molecular weight excluding hydrogens is 572 g/mol. The fourth-order valence-corrected chi connectivity index (χ4v) is 7.29. The van der Waals surface area contributed by atoms with E-state index in [1.54, 1.807) is 6.08 Å².